The standard InChI is InChI=1S/C18H20N2O4S/c1-20(12-15-8-4-2-5-9-15)18(22)14-25(23,24)13-17(21)19-16-10-6-3-7-11-16/h2-11H,12-14H2,1H3,(H,19,21). The molecule has 6 nitrogen and oxygen atoms in total. The van der Waals surface area contributed by atoms with E-state index >= 15 is 0 Å². The Labute approximate surface area is 147 Å². The highest BCUT2D eigenvalue weighted by molar-refractivity contribution is 7.92. The van der Waals surface area contributed by atoms with Gasteiger partial charge in [0.05, 0.1) is 0 Å². The SMILES string of the molecule is CN(Cc1ccccc1)C(=O)CS(=O)(=O)CC(=O)Nc1ccccc1. The molecule has 2 amide bonds. The molecule has 132 valence electrons. The normalized spacial score (nSPS) is 10.9. The molecule has 0 aliphatic carbocycles. The highest BCUT2D eigenvalue weighted by Crippen LogP contribution is 2.07. The van der Waals surface area contributed by atoms with Crippen molar-refractivity contribution in [1.29, 1.82) is 0 Å². The lowest BCUT2D eigenvalue weighted by Crippen LogP contribution is -2.35. The monoisotopic (exact) mass is 360 g/mol. The quantitative estimate of drug-likeness (QED) is 0.815. The summed E-state index contributed by atoms with van der Waals surface area (Å²) in [7, 11) is -2.30. The van der Waals surface area contributed by atoms with Crippen LogP contribution in [0.25, 0.3) is 0 Å². The van der Waals surface area contributed by atoms with Crippen LogP contribution in [0.1, 0.15) is 5.56 Å². The van der Waals surface area contributed by atoms with Crippen LogP contribution in [-0.4, -0.2) is 43.7 Å². The molecule has 0 aromatic heterocycles. The van der Waals surface area contributed by atoms with Crippen molar-refractivity contribution in [1.82, 2.24) is 4.90 Å². The van der Waals surface area contributed by atoms with Gasteiger partial charge in [-0.3, -0.25) is 9.59 Å². The second kappa shape index (κ2) is 8.43. The molecular formula is C18H20N2O4S. The Morgan fingerprint density at radius 1 is 0.920 bits per heavy atom. The van der Waals surface area contributed by atoms with E-state index in [2.05, 4.69) is 5.32 Å². The summed E-state index contributed by atoms with van der Waals surface area (Å²) in [4.78, 5) is 25.3. The number of hydrogen-bond donors (Lipinski definition) is 1. The molecule has 0 radical (unpaired) electrons. The van der Waals surface area contributed by atoms with Crippen molar-refractivity contribution in [2.24, 2.45) is 0 Å². The Morgan fingerprint density at radius 3 is 2.08 bits per heavy atom. The van der Waals surface area contributed by atoms with E-state index in [1.165, 1.54) is 11.9 Å². The fourth-order valence-electron chi connectivity index (χ4n) is 2.21. The zero-order chi connectivity index (χ0) is 18.3. The van der Waals surface area contributed by atoms with Crippen LogP contribution in [0.4, 0.5) is 5.69 Å². The van der Waals surface area contributed by atoms with Crippen molar-refractivity contribution in [3.63, 3.8) is 0 Å². The van der Waals surface area contributed by atoms with Gasteiger partial charge in [-0.1, -0.05) is 48.5 Å². The number of anilines is 1. The summed E-state index contributed by atoms with van der Waals surface area (Å²) < 4.78 is 24.2. The molecule has 7 heteroatoms. The zero-order valence-corrected chi connectivity index (χ0v) is 14.7. The van der Waals surface area contributed by atoms with Crippen LogP contribution in [0.5, 0.6) is 0 Å². The molecule has 25 heavy (non-hydrogen) atoms. The van der Waals surface area contributed by atoms with Crippen LogP contribution < -0.4 is 5.32 Å². The predicted octanol–water partition coefficient (Wildman–Crippen LogP) is 1.70. The number of benzene rings is 2. The summed E-state index contributed by atoms with van der Waals surface area (Å²) in [6, 6.07) is 17.8. The summed E-state index contributed by atoms with van der Waals surface area (Å²) in [6.07, 6.45) is 0. The van der Waals surface area contributed by atoms with Gasteiger partial charge in [0.2, 0.25) is 11.8 Å². The predicted molar refractivity (Wildman–Crippen MR) is 96.6 cm³/mol. The van der Waals surface area contributed by atoms with Crippen molar-refractivity contribution >= 4 is 27.3 Å². The van der Waals surface area contributed by atoms with Crippen molar-refractivity contribution in [2.75, 3.05) is 23.9 Å². The molecule has 0 atom stereocenters. The Hall–Kier alpha value is -2.67. The van der Waals surface area contributed by atoms with E-state index in [1.807, 2.05) is 30.3 Å². The van der Waals surface area contributed by atoms with Crippen LogP contribution in [0.3, 0.4) is 0 Å². The summed E-state index contributed by atoms with van der Waals surface area (Å²) in [5, 5.41) is 2.50. The van der Waals surface area contributed by atoms with E-state index in [9.17, 15) is 18.0 Å². The van der Waals surface area contributed by atoms with Gasteiger partial charge in [0, 0.05) is 19.3 Å². The molecule has 2 rings (SSSR count). The van der Waals surface area contributed by atoms with E-state index < -0.39 is 33.2 Å². The summed E-state index contributed by atoms with van der Waals surface area (Å²) in [5.74, 6) is -2.63. The largest absolute Gasteiger partial charge is 0.341 e. The van der Waals surface area contributed by atoms with E-state index in [0.717, 1.165) is 5.56 Å². The van der Waals surface area contributed by atoms with Crippen molar-refractivity contribution in [2.45, 2.75) is 6.54 Å². The Morgan fingerprint density at radius 2 is 1.48 bits per heavy atom. The number of carbonyl (C=O) groups is 2. The maximum absolute atomic E-state index is 12.1. The summed E-state index contributed by atoms with van der Waals surface area (Å²) in [6.45, 7) is 0.311. The lowest BCUT2D eigenvalue weighted by atomic mass is 10.2. The van der Waals surface area contributed by atoms with Crippen LogP contribution in [0, 0.1) is 0 Å². The van der Waals surface area contributed by atoms with E-state index in [1.54, 1.807) is 30.3 Å². The van der Waals surface area contributed by atoms with Gasteiger partial charge in [-0.25, -0.2) is 8.42 Å². The third-order valence-electron chi connectivity index (χ3n) is 3.44. The third kappa shape index (κ3) is 6.39. The van der Waals surface area contributed by atoms with Gasteiger partial charge in [-0.05, 0) is 17.7 Å². The molecule has 0 aliphatic rings. The maximum atomic E-state index is 12.1. The number of amides is 2. The minimum Gasteiger partial charge on any atom is -0.341 e. The van der Waals surface area contributed by atoms with Crippen LogP contribution in [0.2, 0.25) is 0 Å². The first-order valence-electron chi connectivity index (χ1n) is 7.69. The lowest BCUT2D eigenvalue weighted by Gasteiger charge is -2.17. The molecule has 0 unspecified atom stereocenters. The first-order chi connectivity index (χ1) is 11.9. The Kier molecular flexibility index (Phi) is 6.30. The summed E-state index contributed by atoms with van der Waals surface area (Å²) >= 11 is 0. The minimum absolute atomic E-state index is 0.311. The van der Waals surface area contributed by atoms with Crippen molar-refractivity contribution in [3.05, 3.63) is 66.2 Å². The second-order valence-corrected chi connectivity index (χ2v) is 7.75. The van der Waals surface area contributed by atoms with Gasteiger partial charge in [-0.2, -0.15) is 0 Å². The highest BCUT2D eigenvalue weighted by Gasteiger charge is 2.23. The number of nitrogens with one attached hydrogen (secondary N) is 1. The fourth-order valence-corrected chi connectivity index (χ4v) is 3.38. The number of carbonyl (C=O) groups excluding carboxylic acids is 2. The molecule has 0 fully saturated rings. The number of sulfone groups is 1. The Bertz CT molecular complexity index is 821. The molecule has 2 aromatic rings. The molecule has 0 heterocycles. The summed E-state index contributed by atoms with van der Waals surface area (Å²) in [5.41, 5.74) is 1.41. The van der Waals surface area contributed by atoms with Crippen molar-refractivity contribution < 1.29 is 18.0 Å². The topological polar surface area (TPSA) is 83.6 Å². The number of nitrogens with zero attached hydrogens (tertiary/aromatic N) is 1. The van der Waals surface area contributed by atoms with E-state index in [4.69, 9.17) is 0 Å². The molecule has 0 aliphatic heterocycles. The molecule has 0 spiro atoms. The first-order valence-corrected chi connectivity index (χ1v) is 9.51. The van der Waals surface area contributed by atoms with Gasteiger partial charge in [0.15, 0.2) is 9.84 Å². The molecular weight excluding hydrogens is 340 g/mol. The van der Waals surface area contributed by atoms with Gasteiger partial charge >= 0.3 is 0 Å². The highest BCUT2D eigenvalue weighted by atomic mass is 32.2. The number of para-hydroxylation sites is 1. The second-order valence-electron chi connectivity index (χ2n) is 5.68. The van der Waals surface area contributed by atoms with Crippen molar-refractivity contribution in [3.8, 4) is 0 Å². The average Bonchev–Trinajstić information content (AvgIpc) is 2.55. The molecule has 0 saturated carbocycles. The van der Waals surface area contributed by atoms with Gasteiger partial charge in [0.1, 0.15) is 11.5 Å². The smallest absolute Gasteiger partial charge is 0.239 e. The lowest BCUT2D eigenvalue weighted by molar-refractivity contribution is -0.127. The van der Waals surface area contributed by atoms with Gasteiger partial charge in [0.25, 0.3) is 0 Å². The van der Waals surface area contributed by atoms with Crippen LogP contribution in [-0.2, 0) is 26.0 Å². The van der Waals surface area contributed by atoms with E-state index in [-0.39, 0.29) is 0 Å². The van der Waals surface area contributed by atoms with E-state index in [0.29, 0.717) is 12.2 Å². The minimum atomic E-state index is -3.84. The molecule has 0 saturated heterocycles. The maximum Gasteiger partial charge on any atom is 0.239 e. The van der Waals surface area contributed by atoms with Crippen LogP contribution >= 0.6 is 0 Å². The number of rotatable bonds is 7. The molecule has 0 bridgehead atoms. The van der Waals surface area contributed by atoms with Gasteiger partial charge in [-0.15, -0.1) is 0 Å². The van der Waals surface area contributed by atoms with Crippen LogP contribution in [0.15, 0.2) is 60.7 Å². The average molecular weight is 360 g/mol. The van der Waals surface area contributed by atoms with Gasteiger partial charge < -0.3 is 10.2 Å². The molecule has 2 aromatic carbocycles. The number of hydrogen-bond acceptors (Lipinski definition) is 4. The Balaban J connectivity index is 1.89. The fraction of sp³-hybridized carbons (Fsp3) is 0.222. The zero-order valence-electron chi connectivity index (χ0n) is 13.9. The first kappa shape index (κ1) is 18.7. The molecule has 1 N–H and O–H groups in total. The third-order valence-corrected chi connectivity index (χ3v) is 4.83.